The Bertz CT molecular complexity index is 2110. The number of furan rings is 2. The van der Waals surface area contributed by atoms with Crippen molar-refractivity contribution < 1.29 is 18.3 Å². The number of nitrogens with zero attached hydrogens (tertiary/aromatic N) is 6. The zero-order valence-corrected chi connectivity index (χ0v) is 36.1. The van der Waals surface area contributed by atoms with Gasteiger partial charge in [-0.25, -0.2) is 15.0 Å². The van der Waals surface area contributed by atoms with Gasteiger partial charge in [-0.15, -0.1) is 0 Å². The number of nitrogen functional groups attached to an aromatic ring is 1. The van der Waals surface area contributed by atoms with Crippen molar-refractivity contribution in [3.05, 3.63) is 126 Å². The summed E-state index contributed by atoms with van der Waals surface area (Å²) < 4.78 is 22.1. The zero-order chi connectivity index (χ0) is 42.5. The molecule has 2 saturated heterocycles. The highest BCUT2D eigenvalue weighted by molar-refractivity contribution is 6.28. The van der Waals surface area contributed by atoms with Gasteiger partial charge in [0.15, 0.2) is 0 Å². The fourth-order valence-corrected chi connectivity index (χ4v) is 6.86. The van der Waals surface area contributed by atoms with E-state index >= 15 is 0 Å². The number of hydrogen-bond acceptors (Lipinski definition) is 14. The molecule has 61 heavy (non-hydrogen) atoms. The van der Waals surface area contributed by atoms with E-state index in [1.54, 1.807) is 24.9 Å². The number of rotatable bonds is 16. The summed E-state index contributed by atoms with van der Waals surface area (Å²) in [6.07, 6.45) is 14.8. The average Bonchev–Trinajstić information content (AvgIpc) is 4.02. The largest absolute Gasteiger partial charge is 0.492 e. The van der Waals surface area contributed by atoms with E-state index in [4.69, 9.17) is 35.6 Å². The highest BCUT2D eigenvalue weighted by atomic mass is 35.5. The molecule has 0 unspecified atom stereocenters. The third kappa shape index (κ3) is 15.9. The van der Waals surface area contributed by atoms with Crippen molar-refractivity contribution >= 4 is 40.6 Å². The Kier molecular flexibility index (Phi) is 17.9. The van der Waals surface area contributed by atoms with E-state index in [0.29, 0.717) is 19.0 Å². The Balaban J connectivity index is 0.000000169. The summed E-state index contributed by atoms with van der Waals surface area (Å²) in [7, 11) is 0. The van der Waals surface area contributed by atoms with Gasteiger partial charge in [0.1, 0.15) is 47.9 Å². The number of halogens is 1. The minimum atomic E-state index is 0.238. The maximum Gasteiger partial charge on any atom is 0.229 e. The van der Waals surface area contributed by atoms with Crippen LogP contribution in [0.2, 0.25) is 5.28 Å². The number of anilines is 5. The Morgan fingerprint density at radius 3 is 1.64 bits per heavy atom. The average molecular weight is 851 g/mol. The molecule has 0 amide bonds. The molecule has 6 heterocycles. The maximum absolute atomic E-state index is 5.90. The van der Waals surface area contributed by atoms with Crippen molar-refractivity contribution in [1.82, 2.24) is 29.7 Å². The second-order valence-corrected chi connectivity index (χ2v) is 15.3. The Labute approximate surface area is 364 Å². The highest BCUT2D eigenvalue weighted by Crippen LogP contribution is 2.21. The lowest BCUT2D eigenvalue weighted by Gasteiger charge is -2.26. The number of hydrogen-bond donors (Lipinski definition) is 4. The molecule has 14 nitrogen and oxygen atoms in total. The van der Waals surface area contributed by atoms with Gasteiger partial charge in [0.2, 0.25) is 11.2 Å². The van der Waals surface area contributed by atoms with Crippen LogP contribution in [0.3, 0.4) is 0 Å². The van der Waals surface area contributed by atoms with Crippen molar-refractivity contribution in [2.24, 2.45) is 0 Å². The molecule has 0 spiro atoms. The standard InChI is InChI=1S/C23H29N5O2.C13H20N2O.C10H10ClN3O/c1-18-16-25-23(27-22(18)24-17-21-6-5-14-29-21)26-19-7-9-20(10-8-19)30-15-13-28-11-3-2-4-12-28;14-12-4-6-13(7-5-12)16-11-10-15-8-2-1-3-9-15;1-7-5-13-10(11)14-9(7)12-6-8-3-2-4-15-8/h5-10,14,16H,2-4,11-13,15,17H2,1H3,(H2,24,25,26,27);4-7H,1-3,8-11,14H2;2-5H,6H2,1H3,(H,12,13,14). The van der Waals surface area contributed by atoms with Gasteiger partial charge in [-0.3, -0.25) is 9.80 Å². The van der Waals surface area contributed by atoms with E-state index < -0.39 is 0 Å². The van der Waals surface area contributed by atoms with Crippen LogP contribution in [0, 0.1) is 13.8 Å². The number of ether oxygens (including phenoxy) is 2. The summed E-state index contributed by atoms with van der Waals surface area (Å²) >= 11 is 5.69. The number of aromatic nitrogens is 4. The van der Waals surface area contributed by atoms with Crippen molar-refractivity contribution in [1.29, 1.82) is 0 Å². The van der Waals surface area contributed by atoms with E-state index in [1.807, 2.05) is 86.6 Å². The van der Waals surface area contributed by atoms with Crippen LogP contribution in [0.15, 0.2) is 107 Å². The highest BCUT2D eigenvalue weighted by Gasteiger charge is 2.11. The number of piperidine rings is 2. The molecule has 0 radical (unpaired) electrons. The Morgan fingerprint density at radius 2 is 1.13 bits per heavy atom. The molecular formula is C46H59ClN10O4. The molecule has 324 valence electrons. The molecule has 8 rings (SSSR count). The number of nitrogens with two attached hydrogens (primary N) is 1. The lowest BCUT2D eigenvalue weighted by atomic mass is 10.1. The predicted octanol–water partition coefficient (Wildman–Crippen LogP) is 9.38. The predicted molar refractivity (Wildman–Crippen MR) is 243 cm³/mol. The second kappa shape index (κ2) is 24.4. The molecule has 5 N–H and O–H groups in total. The number of nitrogens with one attached hydrogen (secondary N) is 3. The molecule has 0 aliphatic carbocycles. The molecule has 2 aliphatic rings. The van der Waals surface area contributed by atoms with E-state index in [0.717, 1.165) is 83.5 Å². The van der Waals surface area contributed by atoms with Crippen LogP contribution in [-0.2, 0) is 13.1 Å². The lowest BCUT2D eigenvalue weighted by molar-refractivity contribution is 0.183. The summed E-state index contributed by atoms with van der Waals surface area (Å²) in [6.45, 7) is 13.4. The van der Waals surface area contributed by atoms with Gasteiger partial charge in [-0.1, -0.05) is 12.8 Å². The van der Waals surface area contributed by atoms with Crippen molar-refractivity contribution in [2.45, 2.75) is 65.5 Å². The first-order valence-electron chi connectivity index (χ1n) is 21.1. The third-order valence-corrected chi connectivity index (χ3v) is 10.4. The molecular weight excluding hydrogens is 792 g/mol. The maximum atomic E-state index is 5.90. The molecule has 0 saturated carbocycles. The van der Waals surface area contributed by atoms with Gasteiger partial charge in [-0.05, 0) is 150 Å². The first-order chi connectivity index (χ1) is 29.9. The Morgan fingerprint density at radius 1 is 0.639 bits per heavy atom. The quantitative estimate of drug-likeness (QED) is 0.0538. The molecule has 2 fully saturated rings. The summed E-state index contributed by atoms with van der Waals surface area (Å²) in [6, 6.07) is 23.0. The summed E-state index contributed by atoms with van der Waals surface area (Å²) in [5, 5.41) is 9.91. The topological polar surface area (TPSA) is 165 Å². The van der Waals surface area contributed by atoms with Crippen LogP contribution in [0.25, 0.3) is 0 Å². The normalized spacial score (nSPS) is 14.1. The minimum Gasteiger partial charge on any atom is -0.492 e. The van der Waals surface area contributed by atoms with E-state index in [9.17, 15) is 0 Å². The monoisotopic (exact) mass is 850 g/mol. The summed E-state index contributed by atoms with van der Waals surface area (Å²) in [5.74, 6) is 5.55. The van der Waals surface area contributed by atoms with Gasteiger partial charge in [0.05, 0.1) is 25.6 Å². The zero-order valence-electron chi connectivity index (χ0n) is 35.3. The van der Waals surface area contributed by atoms with Crippen molar-refractivity contribution in [3.8, 4) is 11.5 Å². The van der Waals surface area contributed by atoms with Crippen LogP contribution < -0.4 is 31.2 Å². The van der Waals surface area contributed by atoms with Crippen molar-refractivity contribution in [2.75, 3.05) is 74.2 Å². The van der Waals surface area contributed by atoms with Crippen LogP contribution in [0.5, 0.6) is 11.5 Å². The van der Waals surface area contributed by atoms with Crippen molar-refractivity contribution in [3.63, 3.8) is 0 Å². The molecule has 6 aromatic rings. The second-order valence-electron chi connectivity index (χ2n) is 15.0. The first-order valence-corrected chi connectivity index (χ1v) is 21.5. The molecule has 2 aliphatic heterocycles. The first kappa shape index (κ1) is 44.7. The van der Waals surface area contributed by atoms with E-state index in [2.05, 4.69) is 45.7 Å². The minimum absolute atomic E-state index is 0.238. The van der Waals surface area contributed by atoms with Crippen LogP contribution in [0.1, 0.15) is 61.2 Å². The summed E-state index contributed by atoms with van der Waals surface area (Å²) in [4.78, 5) is 21.9. The molecule has 0 atom stereocenters. The third-order valence-electron chi connectivity index (χ3n) is 10.2. The SMILES string of the molecule is Cc1cnc(Cl)nc1NCc1ccco1.Cc1cnc(Nc2ccc(OCCN3CCCCC3)cc2)nc1NCc1ccco1.Nc1ccc(OCCN2CCCCC2)cc1. The fourth-order valence-electron chi connectivity index (χ4n) is 6.73. The van der Waals surface area contributed by atoms with Crippen LogP contribution in [-0.4, -0.2) is 82.2 Å². The van der Waals surface area contributed by atoms with Gasteiger partial charge >= 0.3 is 0 Å². The van der Waals surface area contributed by atoms with Gasteiger partial charge in [0.25, 0.3) is 0 Å². The molecule has 15 heteroatoms. The van der Waals surface area contributed by atoms with Gasteiger partial charge in [-0.2, -0.15) is 4.98 Å². The van der Waals surface area contributed by atoms with Gasteiger partial charge in [0, 0.05) is 48.0 Å². The summed E-state index contributed by atoms with van der Waals surface area (Å²) in [5.41, 5.74) is 9.23. The lowest BCUT2D eigenvalue weighted by Crippen LogP contribution is -2.33. The van der Waals surface area contributed by atoms with Crippen LogP contribution in [0.4, 0.5) is 29.0 Å². The van der Waals surface area contributed by atoms with Gasteiger partial charge < -0.3 is 40.0 Å². The van der Waals surface area contributed by atoms with Crippen LogP contribution >= 0.6 is 11.6 Å². The van der Waals surface area contributed by atoms with E-state index in [-0.39, 0.29) is 5.28 Å². The number of aryl methyl sites for hydroxylation is 2. The molecule has 4 aromatic heterocycles. The Hall–Kier alpha value is -5.83. The smallest absolute Gasteiger partial charge is 0.229 e. The fraction of sp³-hybridized carbons (Fsp3) is 0.391. The number of likely N-dealkylation sites (tertiary alicyclic amines) is 2. The molecule has 2 aromatic carbocycles. The van der Waals surface area contributed by atoms with E-state index in [1.165, 1.54) is 64.7 Å². The number of benzene rings is 2. The molecule has 0 bridgehead atoms.